The molecule has 96 valence electrons. The second kappa shape index (κ2) is 5.87. The van der Waals surface area contributed by atoms with E-state index in [1.807, 2.05) is 14.1 Å². The zero-order valence-corrected chi connectivity index (χ0v) is 9.98. The molecule has 0 aromatic heterocycles. The van der Waals surface area contributed by atoms with Gasteiger partial charge in [0.25, 0.3) is 0 Å². The number of hydrogen-bond acceptors (Lipinski definition) is 2. The molecule has 0 amide bonds. The lowest BCUT2D eigenvalue weighted by Crippen LogP contribution is -2.39. The first kappa shape index (κ1) is 13.8. The number of nitrogens with one attached hydrogen (secondary N) is 1. The summed E-state index contributed by atoms with van der Waals surface area (Å²) in [4.78, 5) is 2.06. The Morgan fingerprint density at radius 1 is 1.12 bits per heavy atom. The van der Waals surface area contributed by atoms with Crippen LogP contribution < -0.4 is 5.32 Å². The standard InChI is InChI=1S/C11H21F3N2/c1-16(2)8-7-15-10-5-3-9(4-6-10)11(12,13)14/h9-10,15H,3-8H2,1-2H3. The van der Waals surface area contributed by atoms with Crippen molar-refractivity contribution in [1.82, 2.24) is 10.2 Å². The van der Waals surface area contributed by atoms with Gasteiger partial charge in [-0.1, -0.05) is 0 Å². The molecule has 0 aliphatic heterocycles. The van der Waals surface area contributed by atoms with E-state index >= 15 is 0 Å². The van der Waals surface area contributed by atoms with E-state index in [-0.39, 0.29) is 18.9 Å². The largest absolute Gasteiger partial charge is 0.391 e. The Hall–Kier alpha value is -0.290. The van der Waals surface area contributed by atoms with E-state index in [1.165, 1.54) is 0 Å². The number of rotatable bonds is 4. The van der Waals surface area contributed by atoms with Gasteiger partial charge < -0.3 is 10.2 Å². The predicted octanol–water partition coefficient (Wildman–Crippen LogP) is 2.26. The van der Waals surface area contributed by atoms with Gasteiger partial charge in [0.1, 0.15) is 0 Å². The van der Waals surface area contributed by atoms with Gasteiger partial charge in [0, 0.05) is 19.1 Å². The smallest absolute Gasteiger partial charge is 0.313 e. The molecule has 2 nitrogen and oxygen atoms in total. The van der Waals surface area contributed by atoms with Crippen LogP contribution in [0.4, 0.5) is 13.2 Å². The lowest BCUT2D eigenvalue weighted by Gasteiger charge is -2.30. The number of hydrogen-bond donors (Lipinski definition) is 1. The molecular formula is C11H21F3N2. The molecule has 5 heteroatoms. The fraction of sp³-hybridized carbons (Fsp3) is 1.00. The van der Waals surface area contributed by atoms with E-state index in [2.05, 4.69) is 10.2 Å². The summed E-state index contributed by atoms with van der Waals surface area (Å²) in [5.74, 6) is -1.07. The molecule has 1 rings (SSSR count). The summed E-state index contributed by atoms with van der Waals surface area (Å²) in [7, 11) is 3.98. The lowest BCUT2D eigenvalue weighted by molar-refractivity contribution is -0.182. The Balaban J connectivity index is 2.17. The zero-order valence-electron chi connectivity index (χ0n) is 9.98. The zero-order chi connectivity index (χ0) is 12.2. The van der Waals surface area contributed by atoms with Gasteiger partial charge in [0.15, 0.2) is 0 Å². The fourth-order valence-electron chi connectivity index (χ4n) is 2.12. The summed E-state index contributed by atoms with van der Waals surface area (Å²) in [6, 6.07) is 0.276. The first-order valence-corrected chi connectivity index (χ1v) is 5.84. The normalized spacial score (nSPS) is 27.4. The van der Waals surface area contributed by atoms with Crippen LogP contribution in [-0.4, -0.2) is 44.3 Å². The van der Waals surface area contributed by atoms with Crippen LogP contribution >= 0.6 is 0 Å². The van der Waals surface area contributed by atoms with Crippen LogP contribution in [0.5, 0.6) is 0 Å². The molecule has 0 unspecified atom stereocenters. The highest BCUT2D eigenvalue weighted by Crippen LogP contribution is 2.37. The minimum atomic E-state index is -3.99. The van der Waals surface area contributed by atoms with Crippen LogP contribution in [0.1, 0.15) is 25.7 Å². The second-order valence-corrected chi connectivity index (χ2v) is 4.85. The van der Waals surface area contributed by atoms with Crippen LogP contribution in [0.25, 0.3) is 0 Å². The van der Waals surface area contributed by atoms with E-state index in [9.17, 15) is 13.2 Å². The molecule has 0 heterocycles. The maximum Gasteiger partial charge on any atom is 0.391 e. The van der Waals surface area contributed by atoms with Crippen LogP contribution in [0, 0.1) is 5.92 Å². The van der Waals surface area contributed by atoms with Gasteiger partial charge in [0.2, 0.25) is 0 Å². The molecule has 0 aromatic carbocycles. The SMILES string of the molecule is CN(C)CCNC1CCC(C(F)(F)F)CC1. The Labute approximate surface area is 95.2 Å². The van der Waals surface area contributed by atoms with Crippen molar-refractivity contribution in [2.24, 2.45) is 5.92 Å². The number of halogens is 3. The quantitative estimate of drug-likeness (QED) is 0.808. The van der Waals surface area contributed by atoms with Crippen molar-refractivity contribution in [1.29, 1.82) is 0 Å². The summed E-state index contributed by atoms with van der Waals surface area (Å²) in [5, 5.41) is 3.32. The van der Waals surface area contributed by atoms with Gasteiger partial charge in [-0.15, -0.1) is 0 Å². The predicted molar refractivity (Wildman–Crippen MR) is 58.4 cm³/mol. The molecule has 1 saturated carbocycles. The number of alkyl halides is 3. The molecular weight excluding hydrogens is 217 g/mol. The highest BCUT2D eigenvalue weighted by atomic mass is 19.4. The van der Waals surface area contributed by atoms with Gasteiger partial charge in [-0.05, 0) is 39.8 Å². The third-order valence-electron chi connectivity index (χ3n) is 3.18. The van der Waals surface area contributed by atoms with Gasteiger partial charge >= 0.3 is 6.18 Å². The van der Waals surface area contributed by atoms with Crippen molar-refractivity contribution in [2.75, 3.05) is 27.2 Å². The summed E-state index contributed by atoms with van der Waals surface area (Å²) < 4.78 is 37.2. The molecule has 1 aliphatic rings. The fourth-order valence-corrected chi connectivity index (χ4v) is 2.12. The van der Waals surface area contributed by atoms with Gasteiger partial charge in [0.05, 0.1) is 5.92 Å². The molecule has 0 bridgehead atoms. The summed E-state index contributed by atoms with van der Waals surface area (Å²) in [6.07, 6.45) is -2.13. The Morgan fingerprint density at radius 3 is 2.12 bits per heavy atom. The van der Waals surface area contributed by atoms with E-state index in [0.717, 1.165) is 13.1 Å². The first-order valence-electron chi connectivity index (χ1n) is 5.84. The van der Waals surface area contributed by atoms with E-state index < -0.39 is 12.1 Å². The van der Waals surface area contributed by atoms with Crippen molar-refractivity contribution < 1.29 is 13.2 Å². The molecule has 0 spiro atoms. The topological polar surface area (TPSA) is 15.3 Å². The molecule has 1 fully saturated rings. The van der Waals surface area contributed by atoms with E-state index in [1.54, 1.807) is 0 Å². The highest BCUT2D eigenvalue weighted by Gasteiger charge is 2.41. The summed E-state index contributed by atoms with van der Waals surface area (Å²) >= 11 is 0. The Kier molecular flexibility index (Phi) is 5.05. The van der Waals surface area contributed by atoms with E-state index in [0.29, 0.717) is 12.8 Å². The first-order chi connectivity index (χ1) is 7.39. The maximum absolute atomic E-state index is 12.4. The molecule has 16 heavy (non-hydrogen) atoms. The minimum absolute atomic E-state index is 0.276. The lowest BCUT2D eigenvalue weighted by atomic mass is 9.85. The molecule has 0 radical (unpaired) electrons. The van der Waals surface area contributed by atoms with Gasteiger partial charge in [-0.3, -0.25) is 0 Å². The van der Waals surface area contributed by atoms with Gasteiger partial charge in [-0.2, -0.15) is 13.2 Å². The Bertz CT molecular complexity index is 196. The summed E-state index contributed by atoms with van der Waals surface area (Å²) in [6.45, 7) is 1.79. The van der Waals surface area contributed by atoms with Crippen LogP contribution in [-0.2, 0) is 0 Å². The average Bonchev–Trinajstić information content (AvgIpc) is 2.16. The van der Waals surface area contributed by atoms with Crippen molar-refractivity contribution in [3.8, 4) is 0 Å². The molecule has 0 saturated heterocycles. The van der Waals surface area contributed by atoms with Crippen molar-refractivity contribution in [3.05, 3.63) is 0 Å². The Morgan fingerprint density at radius 2 is 1.69 bits per heavy atom. The van der Waals surface area contributed by atoms with Crippen LogP contribution in [0.15, 0.2) is 0 Å². The minimum Gasteiger partial charge on any atom is -0.313 e. The third-order valence-corrected chi connectivity index (χ3v) is 3.18. The molecule has 1 N–H and O–H groups in total. The number of likely N-dealkylation sites (N-methyl/N-ethyl adjacent to an activating group) is 1. The van der Waals surface area contributed by atoms with Crippen molar-refractivity contribution in [2.45, 2.75) is 37.9 Å². The van der Waals surface area contributed by atoms with E-state index in [4.69, 9.17) is 0 Å². The highest BCUT2D eigenvalue weighted by molar-refractivity contribution is 4.80. The van der Waals surface area contributed by atoms with Crippen LogP contribution in [0.3, 0.4) is 0 Å². The maximum atomic E-state index is 12.4. The average molecular weight is 238 g/mol. The molecule has 0 aromatic rings. The molecule has 0 atom stereocenters. The van der Waals surface area contributed by atoms with Crippen LogP contribution in [0.2, 0.25) is 0 Å². The summed E-state index contributed by atoms with van der Waals surface area (Å²) in [5.41, 5.74) is 0. The molecule has 1 aliphatic carbocycles. The monoisotopic (exact) mass is 238 g/mol. The second-order valence-electron chi connectivity index (χ2n) is 4.85. The van der Waals surface area contributed by atoms with Crippen molar-refractivity contribution in [3.63, 3.8) is 0 Å². The third kappa shape index (κ3) is 4.70. The van der Waals surface area contributed by atoms with Crippen molar-refractivity contribution >= 4 is 0 Å². The van der Waals surface area contributed by atoms with Gasteiger partial charge in [-0.25, -0.2) is 0 Å². The number of nitrogens with zero attached hydrogens (tertiary/aromatic N) is 1.